The molecule has 9 aromatic rings. The van der Waals surface area contributed by atoms with Crippen LogP contribution in [0, 0.1) is 0 Å². The Morgan fingerprint density at radius 2 is 0.960 bits per heavy atom. The van der Waals surface area contributed by atoms with Crippen LogP contribution in [0.3, 0.4) is 0 Å². The molecule has 9 aromatic carbocycles. The second-order valence-corrected chi connectivity index (χ2v) is 15.0. The third-order valence-electron chi connectivity index (χ3n) is 11.6. The lowest BCUT2D eigenvalue weighted by Gasteiger charge is -2.32. The van der Waals surface area contributed by atoms with Gasteiger partial charge in [0.2, 0.25) is 0 Å². The van der Waals surface area contributed by atoms with Crippen LogP contribution in [0.5, 0.6) is 0 Å². The molecule has 0 N–H and O–H groups in total. The Balaban J connectivity index is 1.18. The summed E-state index contributed by atoms with van der Waals surface area (Å²) in [7, 11) is 0. The molecule has 0 nitrogen and oxygen atoms in total. The molecule has 2 aliphatic carbocycles. The van der Waals surface area contributed by atoms with Crippen LogP contribution in [-0.2, 0) is 5.41 Å². The number of hydrogen-bond acceptors (Lipinski definition) is 1. The highest BCUT2D eigenvalue weighted by atomic mass is 32.2. The van der Waals surface area contributed by atoms with Gasteiger partial charge in [0.15, 0.2) is 0 Å². The minimum atomic E-state index is -0.438. The Kier molecular flexibility index (Phi) is 5.20. The molecule has 1 atom stereocenters. The second kappa shape index (κ2) is 9.63. The lowest BCUT2D eigenvalue weighted by atomic mass is 9.68. The van der Waals surface area contributed by atoms with Gasteiger partial charge < -0.3 is 0 Å². The zero-order chi connectivity index (χ0) is 32.6. The second-order valence-electron chi connectivity index (χ2n) is 13.9. The zero-order valence-electron chi connectivity index (χ0n) is 27.1. The van der Waals surface area contributed by atoms with Gasteiger partial charge in [-0.2, -0.15) is 0 Å². The molecule has 0 saturated heterocycles. The summed E-state index contributed by atoms with van der Waals surface area (Å²) in [6.45, 7) is 0. The largest absolute Gasteiger partial charge is 0.0888 e. The summed E-state index contributed by atoms with van der Waals surface area (Å²) < 4.78 is 0. The normalized spacial score (nSPS) is 16.0. The third-order valence-corrected chi connectivity index (χ3v) is 12.8. The summed E-state index contributed by atoms with van der Waals surface area (Å²) in [5.74, 6) is 0. The van der Waals surface area contributed by atoms with Gasteiger partial charge in [-0.05, 0) is 118 Å². The maximum Gasteiger partial charge on any atom is 0.0731 e. The highest BCUT2D eigenvalue weighted by Crippen LogP contribution is 2.65. The lowest BCUT2D eigenvalue weighted by molar-refractivity contribution is 0.802. The molecule has 0 amide bonds. The predicted octanol–water partition coefficient (Wildman–Crippen LogP) is 13.3. The molecular formula is C49H28S. The summed E-state index contributed by atoms with van der Waals surface area (Å²) in [5.41, 5.74) is 15.7. The summed E-state index contributed by atoms with van der Waals surface area (Å²) in [5, 5.41) is 7.97. The van der Waals surface area contributed by atoms with Gasteiger partial charge in [0.05, 0.1) is 5.41 Å². The van der Waals surface area contributed by atoms with E-state index < -0.39 is 5.41 Å². The molecule has 1 heteroatoms. The Morgan fingerprint density at radius 3 is 1.80 bits per heavy atom. The van der Waals surface area contributed by atoms with Crippen molar-refractivity contribution in [2.24, 2.45) is 0 Å². The van der Waals surface area contributed by atoms with Gasteiger partial charge in [0.25, 0.3) is 0 Å². The van der Waals surface area contributed by atoms with E-state index in [4.69, 9.17) is 0 Å². The van der Waals surface area contributed by atoms with Crippen molar-refractivity contribution in [3.05, 3.63) is 192 Å². The lowest BCUT2D eigenvalue weighted by Crippen LogP contribution is -2.26. The first-order valence-corrected chi connectivity index (χ1v) is 18.2. The topological polar surface area (TPSA) is 0 Å². The average Bonchev–Trinajstić information content (AvgIpc) is 3.66. The van der Waals surface area contributed by atoms with Crippen molar-refractivity contribution in [2.45, 2.75) is 15.2 Å². The molecule has 0 bridgehead atoms. The molecule has 0 fully saturated rings. The van der Waals surface area contributed by atoms with E-state index in [-0.39, 0.29) is 0 Å². The molecule has 0 saturated carbocycles. The van der Waals surface area contributed by atoms with Crippen LogP contribution in [0.1, 0.15) is 22.3 Å². The van der Waals surface area contributed by atoms with E-state index in [2.05, 4.69) is 170 Å². The molecule has 0 aromatic heterocycles. The Morgan fingerprint density at radius 1 is 0.360 bits per heavy atom. The third kappa shape index (κ3) is 3.24. The van der Waals surface area contributed by atoms with Gasteiger partial charge in [-0.15, -0.1) is 0 Å². The van der Waals surface area contributed by atoms with Gasteiger partial charge >= 0.3 is 0 Å². The molecule has 1 aliphatic heterocycles. The fourth-order valence-corrected chi connectivity index (χ4v) is 10.9. The SMILES string of the molecule is c1ccc2c(c1)-c1ccc(-c3ccc4c(c3)-c3cccc5cccc(c35)S4)cc1C21c2ccccc2-c2c1c1ccccc1c1ccccc21. The van der Waals surface area contributed by atoms with Gasteiger partial charge in [-0.25, -0.2) is 0 Å². The summed E-state index contributed by atoms with van der Waals surface area (Å²) in [4.78, 5) is 2.66. The number of rotatable bonds is 1. The van der Waals surface area contributed by atoms with Crippen molar-refractivity contribution in [2.75, 3.05) is 0 Å². The first kappa shape index (κ1) is 27.0. The van der Waals surface area contributed by atoms with Gasteiger partial charge in [0, 0.05) is 15.2 Å². The van der Waals surface area contributed by atoms with E-state index in [1.807, 2.05) is 11.8 Å². The Hall–Kier alpha value is -5.89. The summed E-state index contributed by atoms with van der Waals surface area (Å²) in [6.07, 6.45) is 0. The molecule has 1 unspecified atom stereocenters. The van der Waals surface area contributed by atoms with Crippen LogP contribution < -0.4 is 0 Å². The average molecular weight is 649 g/mol. The van der Waals surface area contributed by atoms with E-state index in [0.29, 0.717) is 0 Å². The fraction of sp³-hybridized carbons (Fsp3) is 0.0204. The van der Waals surface area contributed by atoms with Gasteiger partial charge in [0.1, 0.15) is 0 Å². The van der Waals surface area contributed by atoms with Gasteiger partial charge in [-0.1, -0.05) is 157 Å². The van der Waals surface area contributed by atoms with Crippen molar-refractivity contribution in [1.82, 2.24) is 0 Å². The standard InChI is InChI=1S/C49H28S/c1-3-16-36-32(13-1)33-14-2-4-17-38(33)48-47(36)39-18-6-8-21-42(39)49(48)41-20-7-5-15-34(41)35-25-23-31(28-43(35)49)30-24-26-44-40(27-30)37-19-9-11-29-12-10-22-45(50-44)46(29)37/h1-28H. The van der Waals surface area contributed by atoms with Crippen LogP contribution in [0.2, 0.25) is 0 Å². The molecule has 1 spiro atoms. The minimum absolute atomic E-state index is 0.438. The molecule has 1 heterocycles. The number of fused-ring (bicyclic) bond motifs is 17. The van der Waals surface area contributed by atoms with Crippen molar-refractivity contribution in [3.8, 4) is 44.5 Å². The van der Waals surface area contributed by atoms with E-state index in [1.54, 1.807) is 0 Å². The zero-order valence-corrected chi connectivity index (χ0v) is 27.9. The van der Waals surface area contributed by atoms with Crippen molar-refractivity contribution in [1.29, 1.82) is 0 Å². The molecule has 230 valence electrons. The first-order chi connectivity index (χ1) is 24.8. The van der Waals surface area contributed by atoms with Crippen LogP contribution in [0.4, 0.5) is 0 Å². The number of benzene rings is 9. The van der Waals surface area contributed by atoms with E-state index >= 15 is 0 Å². The highest BCUT2D eigenvalue weighted by molar-refractivity contribution is 7.99. The summed E-state index contributed by atoms with van der Waals surface area (Å²) >= 11 is 1.89. The molecule has 50 heavy (non-hydrogen) atoms. The van der Waals surface area contributed by atoms with E-state index in [9.17, 15) is 0 Å². The van der Waals surface area contributed by atoms with Gasteiger partial charge in [-0.3, -0.25) is 0 Å². The van der Waals surface area contributed by atoms with Crippen LogP contribution >= 0.6 is 11.8 Å². The van der Waals surface area contributed by atoms with E-state index in [0.717, 1.165) is 0 Å². The van der Waals surface area contributed by atoms with Crippen molar-refractivity contribution < 1.29 is 0 Å². The monoisotopic (exact) mass is 648 g/mol. The van der Waals surface area contributed by atoms with Crippen LogP contribution in [-0.4, -0.2) is 0 Å². The maximum absolute atomic E-state index is 2.53. The quantitative estimate of drug-likeness (QED) is 0.160. The van der Waals surface area contributed by atoms with Crippen molar-refractivity contribution >= 4 is 44.1 Å². The highest BCUT2D eigenvalue weighted by Gasteiger charge is 2.53. The first-order valence-electron chi connectivity index (χ1n) is 17.4. The Labute approximate surface area is 294 Å². The Bertz CT molecular complexity index is 2960. The fourth-order valence-electron chi connectivity index (χ4n) is 9.74. The number of hydrogen-bond donors (Lipinski definition) is 0. The molecule has 12 rings (SSSR count). The van der Waals surface area contributed by atoms with Crippen molar-refractivity contribution in [3.63, 3.8) is 0 Å². The smallest absolute Gasteiger partial charge is 0.0731 e. The summed E-state index contributed by atoms with van der Waals surface area (Å²) in [6, 6.07) is 64.2. The maximum atomic E-state index is 2.53. The molecular weight excluding hydrogens is 621 g/mol. The van der Waals surface area contributed by atoms with Crippen LogP contribution in [0.25, 0.3) is 76.8 Å². The molecule has 0 radical (unpaired) electrons. The predicted molar refractivity (Wildman–Crippen MR) is 210 cm³/mol. The van der Waals surface area contributed by atoms with Crippen LogP contribution in [0.15, 0.2) is 180 Å². The molecule has 3 aliphatic rings. The minimum Gasteiger partial charge on any atom is -0.0888 e. The van der Waals surface area contributed by atoms with E-state index in [1.165, 1.54) is 109 Å².